The molecule has 0 unspecified atom stereocenters. The Morgan fingerprint density at radius 3 is 2.85 bits per heavy atom. The average Bonchev–Trinajstić information content (AvgIpc) is 2.52. The molecule has 0 atom stereocenters. The lowest BCUT2D eigenvalue weighted by Crippen LogP contribution is -1.90. The molecule has 66 valence electrons. The first kappa shape index (κ1) is 7.66. The number of nitrogens with zero attached hydrogens (tertiary/aromatic N) is 4. The largest absolute Gasteiger partial charge is 0.366 e. The Labute approximate surface area is 74.2 Å². The van der Waals surface area contributed by atoms with E-state index in [0.29, 0.717) is 11.5 Å². The number of nitrogens with one attached hydrogen (secondary N) is 1. The van der Waals surface area contributed by atoms with Crippen molar-refractivity contribution in [2.75, 3.05) is 5.73 Å². The predicted octanol–water partition coefficient (Wildman–Crippen LogP) is 0.152. The summed E-state index contributed by atoms with van der Waals surface area (Å²) in [6.45, 7) is 1.88. The quantitative estimate of drug-likeness (QED) is 0.645. The van der Waals surface area contributed by atoms with E-state index >= 15 is 0 Å². The number of anilines is 1. The van der Waals surface area contributed by atoms with Gasteiger partial charge in [0.25, 0.3) is 0 Å². The summed E-state index contributed by atoms with van der Waals surface area (Å²) >= 11 is 0. The lowest BCUT2D eigenvalue weighted by Gasteiger charge is -1.94. The monoisotopic (exact) mass is 176 g/mol. The molecular weight excluding hydrogens is 168 g/mol. The van der Waals surface area contributed by atoms with Gasteiger partial charge in [-0.25, -0.2) is 9.97 Å². The number of aromatic amines is 1. The van der Waals surface area contributed by atoms with Gasteiger partial charge in [0.15, 0.2) is 5.82 Å². The predicted molar refractivity (Wildman–Crippen MR) is 46.6 cm³/mol. The zero-order chi connectivity index (χ0) is 9.26. The van der Waals surface area contributed by atoms with E-state index in [2.05, 4.69) is 25.1 Å². The minimum atomic E-state index is 0.214. The van der Waals surface area contributed by atoms with E-state index in [0.717, 1.165) is 5.69 Å². The Morgan fingerprint density at radius 2 is 2.23 bits per heavy atom. The Kier molecular flexibility index (Phi) is 1.66. The van der Waals surface area contributed by atoms with Crippen LogP contribution in [0, 0.1) is 6.92 Å². The molecule has 13 heavy (non-hydrogen) atoms. The van der Waals surface area contributed by atoms with Crippen LogP contribution >= 0.6 is 0 Å². The molecule has 0 amide bonds. The Hall–Kier alpha value is -1.98. The maximum atomic E-state index is 5.36. The molecule has 0 saturated heterocycles. The highest BCUT2D eigenvalue weighted by Gasteiger charge is 2.04. The third-order valence-corrected chi connectivity index (χ3v) is 1.55. The summed E-state index contributed by atoms with van der Waals surface area (Å²) < 4.78 is 0. The van der Waals surface area contributed by atoms with Crippen LogP contribution < -0.4 is 5.73 Å². The summed E-state index contributed by atoms with van der Waals surface area (Å²) in [7, 11) is 0. The minimum absolute atomic E-state index is 0.214. The number of aromatic nitrogens is 5. The second-order valence-electron chi connectivity index (χ2n) is 2.59. The zero-order valence-electron chi connectivity index (χ0n) is 7.02. The third kappa shape index (κ3) is 1.46. The van der Waals surface area contributed by atoms with Gasteiger partial charge in [0.05, 0.1) is 0 Å². The lowest BCUT2D eigenvalue weighted by molar-refractivity contribution is 1.06. The zero-order valence-corrected chi connectivity index (χ0v) is 7.02. The van der Waals surface area contributed by atoms with Gasteiger partial charge in [0.1, 0.15) is 12.0 Å². The average molecular weight is 176 g/mol. The first-order valence-corrected chi connectivity index (χ1v) is 3.72. The molecule has 6 heteroatoms. The highest BCUT2D eigenvalue weighted by Crippen LogP contribution is 2.11. The van der Waals surface area contributed by atoms with E-state index in [9.17, 15) is 0 Å². The normalized spacial score (nSPS) is 10.2. The first-order valence-electron chi connectivity index (χ1n) is 3.72. The van der Waals surface area contributed by atoms with Crippen LogP contribution in [0.3, 0.4) is 0 Å². The molecule has 0 aliphatic rings. The van der Waals surface area contributed by atoms with Crippen molar-refractivity contribution in [2.45, 2.75) is 6.92 Å². The van der Waals surface area contributed by atoms with Gasteiger partial charge < -0.3 is 5.73 Å². The Morgan fingerprint density at radius 1 is 1.38 bits per heavy atom. The number of nitrogens with two attached hydrogens (primary N) is 1. The van der Waals surface area contributed by atoms with Crippen molar-refractivity contribution in [1.82, 2.24) is 25.1 Å². The van der Waals surface area contributed by atoms with Gasteiger partial charge in [-0.05, 0) is 13.0 Å². The molecule has 2 aromatic heterocycles. The van der Waals surface area contributed by atoms with Crippen LogP contribution in [0.25, 0.3) is 11.5 Å². The Balaban J connectivity index is 2.46. The number of rotatable bonds is 1. The van der Waals surface area contributed by atoms with Gasteiger partial charge in [-0.1, -0.05) is 0 Å². The number of aryl methyl sites for hydroxylation is 1. The van der Waals surface area contributed by atoms with E-state index < -0.39 is 0 Å². The Bertz CT molecular complexity index is 420. The summed E-state index contributed by atoms with van der Waals surface area (Å²) in [5.41, 5.74) is 6.92. The third-order valence-electron chi connectivity index (χ3n) is 1.55. The van der Waals surface area contributed by atoms with Crippen LogP contribution in [0.4, 0.5) is 5.95 Å². The molecular formula is C7H8N6. The molecule has 2 aromatic rings. The van der Waals surface area contributed by atoms with E-state index in [-0.39, 0.29) is 5.95 Å². The van der Waals surface area contributed by atoms with E-state index in [4.69, 9.17) is 5.73 Å². The molecule has 0 aliphatic heterocycles. The molecule has 0 aromatic carbocycles. The fraction of sp³-hybridized carbons (Fsp3) is 0.143. The molecule has 0 saturated carbocycles. The standard InChI is InChI=1S/C7H8N6/c1-4-2-5(10-3-9-4)6-11-7(8)13-12-6/h2-3H,1H3,(H3,8,11,12,13). The molecule has 0 aliphatic carbocycles. The molecule has 6 nitrogen and oxygen atoms in total. The maximum Gasteiger partial charge on any atom is 0.239 e. The molecule has 2 heterocycles. The summed E-state index contributed by atoms with van der Waals surface area (Å²) in [5, 5.41) is 6.38. The van der Waals surface area contributed by atoms with Gasteiger partial charge in [-0.15, -0.1) is 5.10 Å². The van der Waals surface area contributed by atoms with Crippen molar-refractivity contribution in [2.24, 2.45) is 0 Å². The second-order valence-corrected chi connectivity index (χ2v) is 2.59. The molecule has 0 spiro atoms. The van der Waals surface area contributed by atoms with Crippen molar-refractivity contribution in [1.29, 1.82) is 0 Å². The molecule has 0 radical (unpaired) electrons. The number of hydrogen-bond donors (Lipinski definition) is 2. The summed E-state index contributed by atoms with van der Waals surface area (Å²) in [5.74, 6) is 0.772. The second kappa shape index (κ2) is 2.81. The van der Waals surface area contributed by atoms with Gasteiger partial charge in [-0.2, -0.15) is 4.98 Å². The fourth-order valence-corrected chi connectivity index (χ4v) is 0.973. The van der Waals surface area contributed by atoms with Crippen LogP contribution in [-0.4, -0.2) is 25.1 Å². The number of nitrogen functional groups attached to an aromatic ring is 1. The van der Waals surface area contributed by atoms with Crippen LogP contribution in [0.2, 0.25) is 0 Å². The summed E-state index contributed by atoms with van der Waals surface area (Å²) in [6, 6.07) is 1.81. The molecule has 2 rings (SSSR count). The summed E-state index contributed by atoms with van der Waals surface area (Å²) in [4.78, 5) is 11.9. The first-order chi connectivity index (χ1) is 6.25. The molecule has 0 fully saturated rings. The smallest absolute Gasteiger partial charge is 0.239 e. The van der Waals surface area contributed by atoms with Crippen molar-refractivity contribution in [3.8, 4) is 11.5 Å². The highest BCUT2D eigenvalue weighted by molar-refractivity contribution is 5.49. The van der Waals surface area contributed by atoms with Gasteiger partial charge in [-0.3, -0.25) is 5.10 Å². The highest BCUT2D eigenvalue weighted by atomic mass is 15.3. The topological polar surface area (TPSA) is 93.4 Å². The van der Waals surface area contributed by atoms with Crippen LogP contribution in [0.5, 0.6) is 0 Å². The molecule has 0 bridgehead atoms. The van der Waals surface area contributed by atoms with Crippen LogP contribution in [0.1, 0.15) is 5.69 Å². The van der Waals surface area contributed by atoms with E-state index in [1.165, 1.54) is 6.33 Å². The number of H-pyrrole nitrogens is 1. The van der Waals surface area contributed by atoms with E-state index in [1.807, 2.05) is 6.92 Å². The van der Waals surface area contributed by atoms with Crippen LogP contribution in [0.15, 0.2) is 12.4 Å². The van der Waals surface area contributed by atoms with Gasteiger partial charge >= 0.3 is 0 Å². The maximum absolute atomic E-state index is 5.36. The lowest BCUT2D eigenvalue weighted by atomic mass is 10.3. The minimum Gasteiger partial charge on any atom is -0.366 e. The summed E-state index contributed by atoms with van der Waals surface area (Å²) in [6.07, 6.45) is 1.48. The van der Waals surface area contributed by atoms with Gasteiger partial charge in [0, 0.05) is 5.69 Å². The fourth-order valence-electron chi connectivity index (χ4n) is 0.973. The molecule has 3 N–H and O–H groups in total. The van der Waals surface area contributed by atoms with E-state index in [1.54, 1.807) is 6.07 Å². The van der Waals surface area contributed by atoms with Crippen LogP contribution in [-0.2, 0) is 0 Å². The van der Waals surface area contributed by atoms with Gasteiger partial charge in [0.2, 0.25) is 5.95 Å². The SMILES string of the molecule is Cc1cc(-c2nc(N)n[nH]2)ncn1. The van der Waals surface area contributed by atoms with Crippen molar-refractivity contribution >= 4 is 5.95 Å². The van der Waals surface area contributed by atoms with Crippen molar-refractivity contribution in [3.63, 3.8) is 0 Å². The van der Waals surface area contributed by atoms with Crippen molar-refractivity contribution < 1.29 is 0 Å². The number of hydrogen-bond acceptors (Lipinski definition) is 5. The van der Waals surface area contributed by atoms with Crippen molar-refractivity contribution in [3.05, 3.63) is 18.1 Å².